The van der Waals surface area contributed by atoms with Gasteiger partial charge in [-0.25, -0.2) is 0 Å². The Morgan fingerprint density at radius 3 is 2.43 bits per heavy atom. The van der Waals surface area contributed by atoms with E-state index in [9.17, 15) is 5.11 Å². The monoisotopic (exact) mass is 118 g/mol. The number of thiol groups is 1. The molecule has 0 radical (unpaired) electrons. The van der Waals surface area contributed by atoms with Crippen LogP contribution in [-0.4, -0.2) is 11.1 Å². The molecule has 1 atom stereocenters. The molecular formula is C4H8NOS-. The van der Waals surface area contributed by atoms with Gasteiger partial charge in [-0.2, -0.15) is 12.6 Å². The SMILES string of the molecule is CCC(S)C(=N)[O-]. The van der Waals surface area contributed by atoms with Crippen LogP contribution in [0, 0.1) is 5.41 Å². The molecule has 0 bridgehead atoms. The molecule has 42 valence electrons. The van der Waals surface area contributed by atoms with Crippen molar-refractivity contribution in [2.24, 2.45) is 0 Å². The molecule has 1 N–H and O–H groups in total. The van der Waals surface area contributed by atoms with Crippen LogP contribution < -0.4 is 5.11 Å². The van der Waals surface area contributed by atoms with E-state index >= 15 is 0 Å². The normalized spacial score (nSPS) is 13.4. The van der Waals surface area contributed by atoms with E-state index in [0.717, 1.165) is 0 Å². The third-order valence-electron chi connectivity index (χ3n) is 0.689. The molecule has 0 aromatic heterocycles. The lowest BCUT2D eigenvalue weighted by Crippen LogP contribution is -2.26. The summed E-state index contributed by atoms with van der Waals surface area (Å²) in [5.41, 5.74) is 0. The maximum absolute atomic E-state index is 9.97. The first kappa shape index (κ1) is 6.82. The van der Waals surface area contributed by atoms with Gasteiger partial charge in [-0.3, -0.25) is 0 Å². The summed E-state index contributed by atoms with van der Waals surface area (Å²) in [5.74, 6) is -0.592. The van der Waals surface area contributed by atoms with Crippen molar-refractivity contribution < 1.29 is 5.11 Å². The van der Waals surface area contributed by atoms with Gasteiger partial charge in [0.1, 0.15) is 0 Å². The van der Waals surface area contributed by atoms with Crippen LogP contribution in [0.25, 0.3) is 0 Å². The van der Waals surface area contributed by atoms with Crippen LogP contribution in [0.3, 0.4) is 0 Å². The van der Waals surface area contributed by atoms with Crippen LogP contribution >= 0.6 is 12.6 Å². The van der Waals surface area contributed by atoms with Crippen molar-refractivity contribution in [3.8, 4) is 0 Å². The minimum Gasteiger partial charge on any atom is -0.861 e. The maximum atomic E-state index is 9.97. The molecule has 0 rings (SSSR count). The van der Waals surface area contributed by atoms with Crippen molar-refractivity contribution in [1.29, 1.82) is 5.41 Å². The summed E-state index contributed by atoms with van der Waals surface area (Å²) in [6.07, 6.45) is 0.644. The fourth-order valence-corrected chi connectivity index (χ4v) is 0.185. The molecule has 0 heterocycles. The molecule has 0 saturated heterocycles. The highest BCUT2D eigenvalue weighted by Gasteiger charge is 1.92. The van der Waals surface area contributed by atoms with Crippen molar-refractivity contribution in [2.75, 3.05) is 0 Å². The van der Waals surface area contributed by atoms with Gasteiger partial charge in [0.15, 0.2) is 0 Å². The summed E-state index contributed by atoms with van der Waals surface area (Å²) >= 11 is 3.79. The minimum absolute atomic E-state index is 0.375. The fraction of sp³-hybridized carbons (Fsp3) is 0.750. The Morgan fingerprint density at radius 1 is 2.00 bits per heavy atom. The average molecular weight is 118 g/mol. The number of nitrogens with one attached hydrogen (secondary N) is 1. The lowest BCUT2D eigenvalue weighted by atomic mass is 10.3. The molecule has 1 unspecified atom stereocenters. The van der Waals surface area contributed by atoms with Crippen LogP contribution in [0.15, 0.2) is 0 Å². The van der Waals surface area contributed by atoms with Gasteiger partial charge >= 0.3 is 0 Å². The van der Waals surface area contributed by atoms with Crippen LogP contribution in [0.4, 0.5) is 0 Å². The number of hydrogen-bond acceptors (Lipinski definition) is 3. The van der Waals surface area contributed by atoms with Crippen molar-refractivity contribution in [2.45, 2.75) is 18.6 Å². The zero-order valence-electron chi connectivity index (χ0n) is 4.14. The first-order valence-electron chi connectivity index (χ1n) is 2.12. The van der Waals surface area contributed by atoms with E-state index in [1.807, 2.05) is 6.92 Å². The van der Waals surface area contributed by atoms with Crippen molar-refractivity contribution in [3.63, 3.8) is 0 Å². The van der Waals surface area contributed by atoms with E-state index in [1.54, 1.807) is 0 Å². The number of rotatable bonds is 2. The highest BCUT2D eigenvalue weighted by Crippen LogP contribution is 1.96. The summed E-state index contributed by atoms with van der Waals surface area (Å²) in [7, 11) is 0. The molecule has 0 fully saturated rings. The van der Waals surface area contributed by atoms with Gasteiger partial charge < -0.3 is 10.5 Å². The molecule has 0 saturated carbocycles. The Balaban J connectivity index is 3.34. The van der Waals surface area contributed by atoms with E-state index in [4.69, 9.17) is 5.41 Å². The second-order valence-electron chi connectivity index (χ2n) is 1.29. The van der Waals surface area contributed by atoms with E-state index in [1.165, 1.54) is 0 Å². The topological polar surface area (TPSA) is 46.9 Å². The van der Waals surface area contributed by atoms with E-state index in [2.05, 4.69) is 12.6 Å². The summed E-state index contributed by atoms with van der Waals surface area (Å²) < 4.78 is 0. The molecule has 0 spiro atoms. The second kappa shape index (κ2) is 2.91. The van der Waals surface area contributed by atoms with Crippen LogP contribution in [-0.2, 0) is 0 Å². The summed E-state index contributed by atoms with van der Waals surface area (Å²) in [6, 6.07) is 0. The molecule has 0 aliphatic rings. The first-order chi connectivity index (χ1) is 3.18. The zero-order chi connectivity index (χ0) is 5.86. The molecular weight excluding hydrogens is 110 g/mol. The highest BCUT2D eigenvalue weighted by atomic mass is 32.1. The van der Waals surface area contributed by atoms with E-state index in [-0.39, 0.29) is 5.25 Å². The van der Waals surface area contributed by atoms with Gasteiger partial charge in [-0.15, -0.1) is 0 Å². The van der Waals surface area contributed by atoms with Gasteiger partial charge in [0.05, 0.1) is 0 Å². The lowest BCUT2D eigenvalue weighted by Gasteiger charge is -2.11. The third kappa shape index (κ3) is 2.51. The second-order valence-corrected chi connectivity index (χ2v) is 1.91. The molecule has 2 nitrogen and oxygen atoms in total. The highest BCUT2D eigenvalue weighted by molar-refractivity contribution is 7.81. The third-order valence-corrected chi connectivity index (χ3v) is 1.29. The van der Waals surface area contributed by atoms with Crippen molar-refractivity contribution in [3.05, 3.63) is 0 Å². The summed E-state index contributed by atoms with van der Waals surface area (Å²) in [4.78, 5) is 0. The standard InChI is InChI=1S/C4H9NOS/c1-2-3(7)4(5)6/h3,7H,2H2,1H3,(H2,5,6)/p-1. The largest absolute Gasteiger partial charge is 0.861 e. The van der Waals surface area contributed by atoms with Crippen LogP contribution in [0.2, 0.25) is 0 Å². The molecule has 3 heteroatoms. The predicted molar refractivity (Wildman–Crippen MR) is 30.8 cm³/mol. The summed E-state index contributed by atoms with van der Waals surface area (Å²) in [5, 5.41) is 16.1. The average Bonchev–Trinajstić information content (AvgIpc) is 1.65. The molecule has 0 amide bonds. The quantitative estimate of drug-likeness (QED) is 0.300. The van der Waals surface area contributed by atoms with Crippen LogP contribution in [0.1, 0.15) is 13.3 Å². The lowest BCUT2D eigenvalue weighted by molar-refractivity contribution is -0.219. The Hall–Kier alpha value is -0.180. The molecule has 0 aliphatic heterocycles. The van der Waals surface area contributed by atoms with Crippen molar-refractivity contribution in [1.82, 2.24) is 0 Å². The van der Waals surface area contributed by atoms with Gasteiger partial charge in [-0.1, -0.05) is 6.92 Å². The Kier molecular flexibility index (Phi) is 2.83. The fourth-order valence-electron chi connectivity index (χ4n) is 0.185. The summed E-state index contributed by atoms with van der Waals surface area (Å²) in [6.45, 7) is 1.82. The predicted octanol–water partition coefficient (Wildman–Crippen LogP) is 0.0324. The Morgan fingerprint density at radius 2 is 2.43 bits per heavy atom. The first-order valence-corrected chi connectivity index (χ1v) is 2.63. The molecule has 0 aliphatic carbocycles. The van der Waals surface area contributed by atoms with Crippen molar-refractivity contribution >= 4 is 18.5 Å². The maximum Gasteiger partial charge on any atom is 0.0289 e. The van der Waals surface area contributed by atoms with Gasteiger partial charge in [-0.05, 0) is 12.3 Å². The van der Waals surface area contributed by atoms with Gasteiger partial charge in [0.2, 0.25) is 0 Å². The van der Waals surface area contributed by atoms with Gasteiger partial charge in [0, 0.05) is 5.25 Å². The van der Waals surface area contributed by atoms with Crippen LogP contribution in [0.5, 0.6) is 0 Å². The Labute approximate surface area is 48.5 Å². The molecule has 0 aromatic carbocycles. The van der Waals surface area contributed by atoms with E-state index < -0.39 is 5.90 Å². The minimum atomic E-state index is -0.592. The zero-order valence-corrected chi connectivity index (χ0v) is 5.03. The molecule has 7 heavy (non-hydrogen) atoms. The van der Waals surface area contributed by atoms with E-state index in [0.29, 0.717) is 6.42 Å². The van der Waals surface area contributed by atoms with Gasteiger partial charge in [0.25, 0.3) is 0 Å². The smallest absolute Gasteiger partial charge is 0.0289 e. The number of hydrogen-bond donors (Lipinski definition) is 2. The Bertz CT molecular complexity index is 74.1. The molecule has 0 aromatic rings.